The van der Waals surface area contributed by atoms with Gasteiger partial charge in [0.15, 0.2) is 0 Å². The Balaban J connectivity index is 2.96. The van der Waals surface area contributed by atoms with E-state index in [-0.39, 0.29) is 12.1 Å². The lowest BCUT2D eigenvalue weighted by atomic mass is 9.96. The number of likely N-dealkylation sites (N-methyl/N-ethyl adjacent to an activating group) is 1. The second-order valence-electron chi connectivity index (χ2n) is 5.28. The first kappa shape index (κ1) is 15.1. The minimum atomic E-state index is 0.160. The third-order valence-electron chi connectivity index (χ3n) is 3.30. The van der Waals surface area contributed by atoms with Crippen LogP contribution in [0.5, 0.6) is 0 Å². The molecule has 1 aromatic heterocycles. The van der Waals surface area contributed by atoms with Crippen LogP contribution < -0.4 is 5.73 Å². The van der Waals surface area contributed by atoms with Crippen molar-refractivity contribution in [2.24, 2.45) is 11.7 Å². The topological polar surface area (TPSA) is 42.1 Å². The van der Waals surface area contributed by atoms with E-state index in [1.807, 2.05) is 18.5 Å². The molecular formula is C15H27N3. The van der Waals surface area contributed by atoms with E-state index in [0.717, 1.165) is 19.5 Å². The van der Waals surface area contributed by atoms with Crippen molar-refractivity contribution in [3.63, 3.8) is 0 Å². The highest BCUT2D eigenvalue weighted by Crippen LogP contribution is 2.25. The molecule has 2 atom stereocenters. The quantitative estimate of drug-likeness (QED) is 0.808. The van der Waals surface area contributed by atoms with Gasteiger partial charge in [-0.3, -0.25) is 9.88 Å². The highest BCUT2D eigenvalue weighted by Gasteiger charge is 2.25. The van der Waals surface area contributed by atoms with E-state index in [1.165, 1.54) is 5.56 Å². The second kappa shape index (κ2) is 7.49. The molecule has 1 rings (SSSR count). The molecule has 102 valence electrons. The van der Waals surface area contributed by atoms with Gasteiger partial charge in [-0.15, -0.1) is 0 Å². The molecule has 0 bridgehead atoms. The van der Waals surface area contributed by atoms with Gasteiger partial charge in [-0.1, -0.05) is 33.8 Å². The molecular weight excluding hydrogens is 222 g/mol. The smallest absolute Gasteiger partial charge is 0.0514 e. The summed E-state index contributed by atoms with van der Waals surface area (Å²) < 4.78 is 0. The minimum absolute atomic E-state index is 0.160. The zero-order chi connectivity index (χ0) is 13.5. The number of pyridine rings is 1. The lowest BCUT2D eigenvalue weighted by Gasteiger charge is -2.35. The van der Waals surface area contributed by atoms with Crippen molar-refractivity contribution >= 4 is 0 Å². The first-order valence-electron chi connectivity index (χ1n) is 6.99. The fourth-order valence-electron chi connectivity index (χ4n) is 2.41. The maximum atomic E-state index is 6.33. The van der Waals surface area contributed by atoms with Gasteiger partial charge < -0.3 is 5.73 Å². The van der Waals surface area contributed by atoms with Gasteiger partial charge in [0.1, 0.15) is 0 Å². The molecule has 2 N–H and O–H groups in total. The molecule has 3 heteroatoms. The summed E-state index contributed by atoms with van der Waals surface area (Å²) in [6.45, 7) is 10.9. The summed E-state index contributed by atoms with van der Waals surface area (Å²) in [7, 11) is 0. The van der Waals surface area contributed by atoms with E-state index in [2.05, 4.69) is 43.6 Å². The molecule has 1 heterocycles. The Labute approximate surface area is 111 Å². The van der Waals surface area contributed by atoms with E-state index in [1.54, 1.807) is 0 Å². The molecule has 0 fully saturated rings. The number of rotatable bonds is 7. The standard InChI is InChI=1S/C15H27N3/c1-5-14(16)15(13-8-7-9-17-10-13)18(6-2)11-12(3)4/h7-10,12,14-15H,5-6,11,16H2,1-4H3. The third-order valence-corrected chi connectivity index (χ3v) is 3.30. The van der Waals surface area contributed by atoms with Crippen LogP contribution in [0.4, 0.5) is 0 Å². The van der Waals surface area contributed by atoms with Crippen molar-refractivity contribution in [3.05, 3.63) is 30.1 Å². The Kier molecular flexibility index (Phi) is 6.30. The summed E-state index contributed by atoms with van der Waals surface area (Å²) in [5, 5.41) is 0. The average Bonchev–Trinajstić information content (AvgIpc) is 2.38. The van der Waals surface area contributed by atoms with Gasteiger partial charge in [-0.05, 0) is 30.5 Å². The van der Waals surface area contributed by atoms with E-state index in [9.17, 15) is 0 Å². The Morgan fingerprint density at radius 2 is 2.06 bits per heavy atom. The van der Waals surface area contributed by atoms with E-state index in [0.29, 0.717) is 5.92 Å². The Bertz CT molecular complexity index is 324. The first-order valence-corrected chi connectivity index (χ1v) is 6.99. The number of nitrogens with zero attached hydrogens (tertiary/aromatic N) is 2. The summed E-state index contributed by atoms with van der Waals surface area (Å²) in [5.74, 6) is 0.646. The largest absolute Gasteiger partial charge is 0.326 e. The van der Waals surface area contributed by atoms with E-state index in [4.69, 9.17) is 5.73 Å². The monoisotopic (exact) mass is 249 g/mol. The predicted molar refractivity (Wildman–Crippen MR) is 77.3 cm³/mol. The molecule has 1 aromatic rings. The van der Waals surface area contributed by atoms with Crippen LogP contribution in [0.25, 0.3) is 0 Å². The normalized spacial score (nSPS) is 15.1. The Morgan fingerprint density at radius 3 is 2.50 bits per heavy atom. The SMILES string of the molecule is CCC(N)C(c1cccnc1)N(CC)CC(C)C. The van der Waals surface area contributed by atoms with Crippen molar-refractivity contribution in [2.75, 3.05) is 13.1 Å². The Hall–Kier alpha value is -0.930. The van der Waals surface area contributed by atoms with Crippen molar-refractivity contribution in [3.8, 4) is 0 Å². The van der Waals surface area contributed by atoms with Crippen LogP contribution >= 0.6 is 0 Å². The molecule has 0 amide bonds. The first-order chi connectivity index (χ1) is 8.60. The van der Waals surface area contributed by atoms with Gasteiger partial charge in [-0.2, -0.15) is 0 Å². The molecule has 2 unspecified atom stereocenters. The van der Waals surface area contributed by atoms with Gasteiger partial charge in [0.25, 0.3) is 0 Å². The average molecular weight is 249 g/mol. The van der Waals surface area contributed by atoms with Gasteiger partial charge >= 0.3 is 0 Å². The highest BCUT2D eigenvalue weighted by molar-refractivity contribution is 5.16. The summed E-state index contributed by atoms with van der Waals surface area (Å²) in [6, 6.07) is 4.56. The zero-order valence-corrected chi connectivity index (χ0v) is 12.1. The zero-order valence-electron chi connectivity index (χ0n) is 12.1. The molecule has 0 saturated carbocycles. The minimum Gasteiger partial charge on any atom is -0.326 e. The molecule has 0 radical (unpaired) electrons. The fraction of sp³-hybridized carbons (Fsp3) is 0.667. The lowest BCUT2D eigenvalue weighted by molar-refractivity contribution is 0.159. The Morgan fingerprint density at radius 1 is 1.33 bits per heavy atom. The molecule has 0 saturated heterocycles. The molecule has 0 aliphatic rings. The summed E-state index contributed by atoms with van der Waals surface area (Å²) in [6.07, 6.45) is 4.74. The van der Waals surface area contributed by atoms with Gasteiger partial charge in [0.2, 0.25) is 0 Å². The molecule has 0 spiro atoms. The molecule has 18 heavy (non-hydrogen) atoms. The van der Waals surface area contributed by atoms with Crippen LogP contribution in [-0.4, -0.2) is 29.0 Å². The second-order valence-corrected chi connectivity index (χ2v) is 5.28. The van der Waals surface area contributed by atoms with Crippen LogP contribution in [0.2, 0.25) is 0 Å². The number of nitrogens with two attached hydrogens (primary N) is 1. The summed E-state index contributed by atoms with van der Waals surface area (Å²) >= 11 is 0. The predicted octanol–water partition coefficient (Wildman–Crippen LogP) is 2.84. The van der Waals surface area contributed by atoms with Gasteiger partial charge in [0, 0.05) is 25.0 Å². The van der Waals surface area contributed by atoms with Crippen molar-refractivity contribution < 1.29 is 0 Å². The summed E-state index contributed by atoms with van der Waals surface area (Å²) in [4.78, 5) is 6.70. The van der Waals surface area contributed by atoms with Gasteiger partial charge in [-0.25, -0.2) is 0 Å². The van der Waals surface area contributed by atoms with E-state index >= 15 is 0 Å². The van der Waals surface area contributed by atoms with Crippen LogP contribution in [0, 0.1) is 5.92 Å². The number of hydrogen-bond acceptors (Lipinski definition) is 3. The van der Waals surface area contributed by atoms with Gasteiger partial charge in [0.05, 0.1) is 6.04 Å². The highest BCUT2D eigenvalue weighted by atomic mass is 15.2. The van der Waals surface area contributed by atoms with Crippen LogP contribution in [0.3, 0.4) is 0 Å². The van der Waals surface area contributed by atoms with E-state index < -0.39 is 0 Å². The van der Waals surface area contributed by atoms with Crippen LogP contribution in [-0.2, 0) is 0 Å². The number of hydrogen-bond donors (Lipinski definition) is 1. The van der Waals surface area contributed by atoms with Crippen LogP contribution in [0.1, 0.15) is 45.7 Å². The van der Waals surface area contributed by atoms with Crippen molar-refractivity contribution in [1.29, 1.82) is 0 Å². The molecule has 0 aliphatic carbocycles. The maximum absolute atomic E-state index is 6.33. The maximum Gasteiger partial charge on any atom is 0.0514 e. The molecule has 0 aromatic carbocycles. The van der Waals surface area contributed by atoms with Crippen molar-refractivity contribution in [2.45, 2.75) is 46.2 Å². The van der Waals surface area contributed by atoms with Crippen LogP contribution in [0.15, 0.2) is 24.5 Å². The molecule has 0 aliphatic heterocycles. The fourth-order valence-corrected chi connectivity index (χ4v) is 2.41. The third kappa shape index (κ3) is 4.07. The number of aromatic nitrogens is 1. The van der Waals surface area contributed by atoms with Crippen molar-refractivity contribution in [1.82, 2.24) is 9.88 Å². The molecule has 3 nitrogen and oxygen atoms in total. The lowest BCUT2D eigenvalue weighted by Crippen LogP contribution is -2.42. The summed E-state index contributed by atoms with van der Waals surface area (Å²) in [5.41, 5.74) is 7.56.